The van der Waals surface area contributed by atoms with Crippen LogP contribution in [0.15, 0.2) is 65.4 Å². The number of anilines is 1. The number of hydrogen-bond donors (Lipinski definition) is 1. The minimum atomic E-state index is -0.424. The molecule has 28 heavy (non-hydrogen) atoms. The molecule has 0 spiro atoms. The average molecular weight is 377 g/mol. The molecule has 140 valence electrons. The van der Waals surface area contributed by atoms with Crippen LogP contribution in [-0.2, 0) is 0 Å². The van der Waals surface area contributed by atoms with Crippen molar-refractivity contribution in [2.75, 3.05) is 5.32 Å². The van der Waals surface area contributed by atoms with E-state index in [4.69, 9.17) is 0 Å². The zero-order valence-electron chi connectivity index (χ0n) is 14.9. The Kier molecular flexibility index (Phi) is 4.00. The molecule has 5 rings (SSSR count). The molecule has 0 bridgehead atoms. The van der Waals surface area contributed by atoms with Crippen LogP contribution in [-0.4, -0.2) is 20.2 Å². The van der Waals surface area contributed by atoms with Gasteiger partial charge in [0.15, 0.2) is 0 Å². The normalized spacial score (nSPS) is 19.9. The molecular formula is C21H17F2N5. The topological polar surface area (TPSA) is 55.6 Å². The molecule has 2 aliphatic rings. The van der Waals surface area contributed by atoms with Crippen molar-refractivity contribution in [1.29, 1.82) is 0 Å². The van der Waals surface area contributed by atoms with Gasteiger partial charge in [-0.15, -0.1) is 0 Å². The first-order chi connectivity index (χ1) is 13.7. The summed E-state index contributed by atoms with van der Waals surface area (Å²) < 4.78 is 30.4. The molecule has 2 aromatic carbocycles. The van der Waals surface area contributed by atoms with Crippen LogP contribution in [0.25, 0.3) is 6.08 Å². The average Bonchev–Trinajstić information content (AvgIpc) is 3.17. The summed E-state index contributed by atoms with van der Waals surface area (Å²) >= 11 is 0. The van der Waals surface area contributed by atoms with Crippen LogP contribution < -0.4 is 5.32 Å². The van der Waals surface area contributed by atoms with Crippen LogP contribution in [0.1, 0.15) is 36.4 Å². The number of allylic oxidation sites excluding steroid dienone is 2. The lowest BCUT2D eigenvalue weighted by molar-refractivity contribution is 0.497. The minimum absolute atomic E-state index is 0.269. The Hall–Kier alpha value is -3.35. The number of nitrogens with one attached hydrogen (secondary N) is 1. The van der Waals surface area contributed by atoms with Gasteiger partial charge in [-0.2, -0.15) is 4.68 Å². The SMILES string of the molecule is Fc1ccccc1C=C1CCCC2=C1Nc1nnnn1C2c1ccccc1F. The Morgan fingerprint density at radius 3 is 2.61 bits per heavy atom. The molecule has 1 atom stereocenters. The fourth-order valence-corrected chi connectivity index (χ4v) is 4.01. The van der Waals surface area contributed by atoms with Gasteiger partial charge in [-0.1, -0.05) is 41.5 Å². The Balaban J connectivity index is 1.68. The molecule has 3 aromatic rings. The second-order valence-corrected chi connectivity index (χ2v) is 6.94. The summed E-state index contributed by atoms with van der Waals surface area (Å²) in [6, 6.07) is 12.9. The van der Waals surface area contributed by atoms with Crippen molar-refractivity contribution in [2.24, 2.45) is 0 Å². The van der Waals surface area contributed by atoms with Crippen LogP contribution in [0.3, 0.4) is 0 Å². The Bertz CT molecular complexity index is 1120. The largest absolute Gasteiger partial charge is 0.323 e. The molecule has 1 aliphatic carbocycles. The van der Waals surface area contributed by atoms with E-state index < -0.39 is 6.04 Å². The van der Waals surface area contributed by atoms with Gasteiger partial charge in [0.05, 0.1) is 0 Å². The summed E-state index contributed by atoms with van der Waals surface area (Å²) in [4.78, 5) is 0. The zero-order valence-corrected chi connectivity index (χ0v) is 14.9. The first-order valence-corrected chi connectivity index (χ1v) is 9.20. The number of nitrogens with zero attached hydrogens (tertiary/aromatic N) is 4. The van der Waals surface area contributed by atoms with E-state index in [0.717, 1.165) is 36.1 Å². The summed E-state index contributed by atoms with van der Waals surface area (Å²) in [6.07, 6.45) is 4.33. The smallest absolute Gasteiger partial charge is 0.248 e. The van der Waals surface area contributed by atoms with Crippen molar-refractivity contribution < 1.29 is 8.78 Å². The second-order valence-electron chi connectivity index (χ2n) is 6.94. The van der Waals surface area contributed by atoms with E-state index in [1.54, 1.807) is 28.9 Å². The van der Waals surface area contributed by atoms with Gasteiger partial charge in [-0.3, -0.25) is 0 Å². The molecule has 1 aromatic heterocycles. The van der Waals surface area contributed by atoms with Gasteiger partial charge in [-0.25, -0.2) is 8.78 Å². The molecule has 7 heteroatoms. The van der Waals surface area contributed by atoms with Gasteiger partial charge in [0.25, 0.3) is 0 Å². The number of tetrazole rings is 1. The summed E-state index contributed by atoms with van der Waals surface area (Å²) in [5, 5.41) is 15.2. The van der Waals surface area contributed by atoms with Crippen molar-refractivity contribution >= 4 is 12.0 Å². The van der Waals surface area contributed by atoms with Crippen LogP contribution in [0.4, 0.5) is 14.7 Å². The van der Waals surface area contributed by atoms with Crippen LogP contribution in [0.2, 0.25) is 0 Å². The molecule has 0 amide bonds. The van der Waals surface area contributed by atoms with Crippen molar-refractivity contribution in [3.8, 4) is 0 Å². The van der Waals surface area contributed by atoms with Gasteiger partial charge in [0.2, 0.25) is 5.95 Å². The zero-order chi connectivity index (χ0) is 19.1. The van der Waals surface area contributed by atoms with Crippen LogP contribution in [0.5, 0.6) is 0 Å². The van der Waals surface area contributed by atoms with E-state index >= 15 is 0 Å². The van der Waals surface area contributed by atoms with Crippen molar-refractivity contribution in [3.63, 3.8) is 0 Å². The lowest BCUT2D eigenvalue weighted by atomic mass is 9.83. The quantitative estimate of drug-likeness (QED) is 0.715. The fraction of sp³-hybridized carbons (Fsp3) is 0.190. The Morgan fingerprint density at radius 1 is 1.00 bits per heavy atom. The predicted octanol–water partition coefficient (Wildman–Crippen LogP) is 4.49. The molecule has 1 aliphatic heterocycles. The summed E-state index contributed by atoms with van der Waals surface area (Å²) in [5.74, 6) is -0.115. The monoisotopic (exact) mass is 377 g/mol. The highest BCUT2D eigenvalue weighted by atomic mass is 19.1. The number of fused-ring (bicyclic) bond motifs is 1. The molecule has 0 fully saturated rings. The van der Waals surface area contributed by atoms with Crippen LogP contribution in [0, 0.1) is 11.6 Å². The highest BCUT2D eigenvalue weighted by Crippen LogP contribution is 2.43. The Morgan fingerprint density at radius 2 is 1.79 bits per heavy atom. The van der Waals surface area contributed by atoms with E-state index in [0.29, 0.717) is 17.1 Å². The Labute approximate surface area is 160 Å². The van der Waals surface area contributed by atoms with E-state index in [1.165, 1.54) is 12.1 Å². The molecular weight excluding hydrogens is 360 g/mol. The first kappa shape index (κ1) is 16.8. The molecule has 0 saturated carbocycles. The molecule has 1 unspecified atom stereocenters. The van der Waals surface area contributed by atoms with Gasteiger partial charge in [0.1, 0.15) is 17.7 Å². The predicted molar refractivity (Wildman–Crippen MR) is 101 cm³/mol. The van der Waals surface area contributed by atoms with E-state index in [2.05, 4.69) is 20.8 Å². The van der Waals surface area contributed by atoms with E-state index in [-0.39, 0.29) is 11.6 Å². The van der Waals surface area contributed by atoms with Crippen LogP contribution >= 0.6 is 0 Å². The number of halogens is 2. The van der Waals surface area contributed by atoms with Gasteiger partial charge >= 0.3 is 0 Å². The third-order valence-corrected chi connectivity index (χ3v) is 5.27. The molecule has 0 saturated heterocycles. The van der Waals surface area contributed by atoms with Gasteiger partial charge in [-0.05, 0) is 59.0 Å². The maximum Gasteiger partial charge on any atom is 0.248 e. The number of benzene rings is 2. The highest BCUT2D eigenvalue weighted by molar-refractivity contribution is 5.65. The molecule has 5 nitrogen and oxygen atoms in total. The lowest BCUT2D eigenvalue weighted by Gasteiger charge is -2.34. The van der Waals surface area contributed by atoms with Crippen molar-refractivity contribution in [1.82, 2.24) is 20.2 Å². The standard InChI is InChI=1S/C21H17F2N5/c22-17-10-3-1-6-13(17)12-14-7-5-9-16-19(14)24-21-25-26-27-28(21)20(16)15-8-2-4-11-18(15)23/h1-4,6,8,10-12,20H,5,7,9H2,(H,24,25,27). The lowest BCUT2D eigenvalue weighted by Crippen LogP contribution is -2.28. The molecule has 1 N–H and O–H groups in total. The number of aromatic nitrogens is 4. The third kappa shape index (κ3) is 2.70. The molecule has 0 radical (unpaired) electrons. The van der Waals surface area contributed by atoms with E-state index in [1.807, 2.05) is 18.2 Å². The molecule has 2 heterocycles. The third-order valence-electron chi connectivity index (χ3n) is 5.27. The number of rotatable bonds is 2. The maximum atomic E-state index is 14.6. The van der Waals surface area contributed by atoms with E-state index in [9.17, 15) is 8.78 Å². The summed E-state index contributed by atoms with van der Waals surface area (Å²) in [6.45, 7) is 0. The van der Waals surface area contributed by atoms with Crippen molar-refractivity contribution in [2.45, 2.75) is 25.3 Å². The minimum Gasteiger partial charge on any atom is -0.323 e. The van der Waals surface area contributed by atoms with Gasteiger partial charge < -0.3 is 5.32 Å². The first-order valence-electron chi connectivity index (χ1n) is 9.20. The van der Waals surface area contributed by atoms with Crippen molar-refractivity contribution in [3.05, 3.63) is 88.1 Å². The maximum absolute atomic E-state index is 14.6. The summed E-state index contributed by atoms with van der Waals surface area (Å²) in [7, 11) is 0. The second kappa shape index (κ2) is 6.67. The highest BCUT2D eigenvalue weighted by Gasteiger charge is 2.35. The fourth-order valence-electron chi connectivity index (χ4n) is 4.01. The summed E-state index contributed by atoms with van der Waals surface area (Å²) in [5.41, 5.74) is 3.91. The van der Waals surface area contributed by atoms with Gasteiger partial charge in [0, 0.05) is 16.8 Å². The number of hydrogen-bond acceptors (Lipinski definition) is 4.